The van der Waals surface area contributed by atoms with Crippen molar-refractivity contribution >= 4 is 0 Å². The Morgan fingerprint density at radius 2 is 1.56 bits per heavy atom. The summed E-state index contributed by atoms with van der Waals surface area (Å²) in [5, 5.41) is 8.04. The third-order valence-corrected chi connectivity index (χ3v) is 4.98. The first-order valence-electron chi connectivity index (χ1n) is 9.88. The Balaban J connectivity index is 0.000000277. The molecule has 0 unspecified atom stereocenters. The van der Waals surface area contributed by atoms with Gasteiger partial charge >= 0.3 is 0 Å². The van der Waals surface area contributed by atoms with Crippen LogP contribution >= 0.6 is 0 Å². The second-order valence-electron chi connectivity index (χ2n) is 6.90. The van der Waals surface area contributed by atoms with Gasteiger partial charge in [-0.15, -0.1) is 0 Å². The van der Waals surface area contributed by atoms with E-state index in [0.717, 1.165) is 18.8 Å². The molecule has 0 atom stereocenters. The van der Waals surface area contributed by atoms with E-state index in [-0.39, 0.29) is 0 Å². The lowest BCUT2D eigenvalue weighted by Gasteiger charge is -2.24. The molecule has 0 aliphatic heterocycles. The molecule has 0 saturated heterocycles. The molecule has 1 aliphatic carbocycles. The molecule has 1 heteroatoms. The van der Waals surface area contributed by atoms with Gasteiger partial charge in [0, 0.05) is 6.42 Å². The number of unbranched alkanes of at least 4 members (excludes halogenated alkanes) is 3. The average molecular weight is 334 g/mol. The summed E-state index contributed by atoms with van der Waals surface area (Å²) >= 11 is 0. The average Bonchev–Trinajstić information content (AvgIpc) is 2.70. The molecule has 0 aromatic heterocycles. The number of benzene rings is 2. The first-order chi connectivity index (χ1) is 12.4. The Bertz CT molecular complexity index is 633. The maximum absolute atomic E-state index is 8.04. The van der Waals surface area contributed by atoms with Gasteiger partial charge in [0.15, 0.2) is 0 Å². The molecule has 0 heterocycles. The summed E-state index contributed by atoms with van der Waals surface area (Å²) in [6.45, 7) is 2.14. The Labute approximate surface area is 153 Å². The topological polar surface area (TPSA) is 23.8 Å². The van der Waals surface area contributed by atoms with Gasteiger partial charge in [0.2, 0.25) is 0 Å². The lowest BCUT2D eigenvalue weighted by molar-refractivity contribution is 0.444. The van der Waals surface area contributed by atoms with Crippen LogP contribution in [0.2, 0.25) is 0 Å². The lowest BCUT2D eigenvalue weighted by Crippen LogP contribution is -2.05. The standard InChI is InChI=1S/C18H20.C6H11N/c1-3-9-15(10-4-1)17-13-7-8-14-18(17)16-11-5-2-6-12-16;1-2-3-4-5-6-7/h1,3-4,7-10,13-14,16H,2,5-6,11-12H2;2-5H2,1H3. The van der Waals surface area contributed by atoms with Crippen molar-refractivity contribution in [2.75, 3.05) is 0 Å². The minimum Gasteiger partial charge on any atom is -0.198 e. The minimum atomic E-state index is 0.730. The third-order valence-electron chi connectivity index (χ3n) is 4.98. The van der Waals surface area contributed by atoms with Gasteiger partial charge in [-0.05, 0) is 41.9 Å². The normalized spacial score (nSPS) is 14.2. The van der Waals surface area contributed by atoms with Crippen molar-refractivity contribution in [3.05, 3.63) is 60.2 Å². The van der Waals surface area contributed by atoms with Gasteiger partial charge in [0.25, 0.3) is 0 Å². The molecule has 1 saturated carbocycles. The van der Waals surface area contributed by atoms with Crippen molar-refractivity contribution in [2.24, 2.45) is 0 Å². The molecule has 0 amide bonds. The maximum atomic E-state index is 8.04. The van der Waals surface area contributed by atoms with E-state index in [4.69, 9.17) is 5.26 Å². The molecule has 0 N–H and O–H groups in total. The zero-order chi connectivity index (χ0) is 17.7. The fourth-order valence-corrected chi connectivity index (χ4v) is 3.60. The molecule has 132 valence electrons. The quantitative estimate of drug-likeness (QED) is 0.520. The second kappa shape index (κ2) is 11.5. The second-order valence-corrected chi connectivity index (χ2v) is 6.90. The van der Waals surface area contributed by atoms with Crippen molar-refractivity contribution in [1.82, 2.24) is 0 Å². The molecule has 0 spiro atoms. The van der Waals surface area contributed by atoms with E-state index in [2.05, 4.69) is 67.6 Å². The van der Waals surface area contributed by atoms with Crippen LogP contribution in [0.15, 0.2) is 54.6 Å². The highest BCUT2D eigenvalue weighted by molar-refractivity contribution is 5.68. The van der Waals surface area contributed by atoms with Crippen molar-refractivity contribution < 1.29 is 0 Å². The molecule has 1 nitrogen and oxygen atoms in total. The molecule has 1 aliphatic rings. The monoisotopic (exact) mass is 333 g/mol. The molecular weight excluding hydrogens is 302 g/mol. The van der Waals surface area contributed by atoms with Crippen LogP contribution in [0.4, 0.5) is 0 Å². The summed E-state index contributed by atoms with van der Waals surface area (Å²) in [7, 11) is 0. The molecule has 0 bridgehead atoms. The van der Waals surface area contributed by atoms with Crippen LogP contribution in [-0.2, 0) is 0 Å². The van der Waals surface area contributed by atoms with Gasteiger partial charge in [0.05, 0.1) is 6.07 Å². The highest BCUT2D eigenvalue weighted by Crippen LogP contribution is 2.37. The van der Waals surface area contributed by atoms with Crippen LogP contribution in [0.5, 0.6) is 0 Å². The third kappa shape index (κ3) is 6.39. The largest absolute Gasteiger partial charge is 0.198 e. The maximum Gasteiger partial charge on any atom is 0.0621 e. The van der Waals surface area contributed by atoms with E-state index in [0.29, 0.717) is 0 Å². The Morgan fingerprint density at radius 3 is 2.24 bits per heavy atom. The molecular formula is C24H31N. The van der Waals surface area contributed by atoms with E-state index >= 15 is 0 Å². The van der Waals surface area contributed by atoms with Crippen molar-refractivity contribution in [3.63, 3.8) is 0 Å². The fraction of sp³-hybridized carbons (Fsp3) is 0.458. The number of hydrogen-bond acceptors (Lipinski definition) is 1. The van der Waals surface area contributed by atoms with E-state index in [1.807, 2.05) is 0 Å². The molecule has 2 aromatic rings. The van der Waals surface area contributed by atoms with Crippen LogP contribution < -0.4 is 0 Å². The predicted octanol–water partition coefficient (Wildman–Crippen LogP) is 7.49. The van der Waals surface area contributed by atoms with Crippen molar-refractivity contribution in [2.45, 2.75) is 70.6 Å². The fourth-order valence-electron chi connectivity index (χ4n) is 3.60. The molecule has 2 aromatic carbocycles. The summed E-state index contributed by atoms with van der Waals surface area (Å²) in [4.78, 5) is 0. The Kier molecular flexibility index (Phi) is 8.84. The van der Waals surface area contributed by atoms with Gasteiger partial charge in [-0.1, -0.05) is 93.6 Å². The van der Waals surface area contributed by atoms with Crippen LogP contribution in [0, 0.1) is 11.3 Å². The van der Waals surface area contributed by atoms with Crippen molar-refractivity contribution in [1.29, 1.82) is 5.26 Å². The molecule has 1 fully saturated rings. The van der Waals surface area contributed by atoms with E-state index < -0.39 is 0 Å². The predicted molar refractivity (Wildman–Crippen MR) is 107 cm³/mol. The SMILES string of the molecule is CCCCCC#N.c1ccc(-c2ccccc2C2CCCCC2)cc1. The first kappa shape index (κ1) is 19.3. The van der Waals surface area contributed by atoms with E-state index in [9.17, 15) is 0 Å². The zero-order valence-corrected chi connectivity index (χ0v) is 15.6. The summed E-state index contributed by atoms with van der Waals surface area (Å²) in [6.07, 6.45) is 11.2. The van der Waals surface area contributed by atoms with Gasteiger partial charge < -0.3 is 0 Å². The minimum absolute atomic E-state index is 0.730. The van der Waals surface area contributed by atoms with Gasteiger partial charge in [-0.2, -0.15) is 5.26 Å². The Morgan fingerprint density at radius 1 is 0.880 bits per heavy atom. The van der Waals surface area contributed by atoms with Crippen LogP contribution in [0.25, 0.3) is 11.1 Å². The number of nitriles is 1. The van der Waals surface area contributed by atoms with Crippen LogP contribution in [0.1, 0.15) is 76.2 Å². The van der Waals surface area contributed by atoms with Crippen LogP contribution in [0.3, 0.4) is 0 Å². The van der Waals surface area contributed by atoms with E-state index in [1.54, 1.807) is 5.56 Å². The number of rotatable bonds is 5. The summed E-state index contributed by atoms with van der Waals surface area (Å²) in [6, 6.07) is 21.9. The lowest BCUT2D eigenvalue weighted by atomic mass is 9.81. The number of nitrogens with zero attached hydrogens (tertiary/aromatic N) is 1. The first-order valence-corrected chi connectivity index (χ1v) is 9.88. The highest BCUT2D eigenvalue weighted by Gasteiger charge is 2.18. The summed E-state index contributed by atoms with van der Waals surface area (Å²) in [5.41, 5.74) is 4.35. The van der Waals surface area contributed by atoms with Gasteiger partial charge in [0.1, 0.15) is 0 Å². The summed E-state index contributed by atoms with van der Waals surface area (Å²) < 4.78 is 0. The molecule has 3 rings (SSSR count). The highest BCUT2D eigenvalue weighted by atomic mass is 14.2. The molecule has 25 heavy (non-hydrogen) atoms. The van der Waals surface area contributed by atoms with Gasteiger partial charge in [-0.3, -0.25) is 0 Å². The van der Waals surface area contributed by atoms with Crippen molar-refractivity contribution in [3.8, 4) is 17.2 Å². The van der Waals surface area contributed by atoms with Crippen LogP contribution in [-0.4, -0.2) is 0 Å². The Hall–Kier alpha value is -2.07. The van der Waals surface area contributed by atoms with Gasteiger partial charge in [-0.25, -0.2) is 0 Å². The zero-order valence-electron chi connectivity index (χ0n) is 15.6. The number of hydrogen-bond donors (Lipinski definition) is 0. The van der Waals surface area contributed by atoms with E-state index in [1.165, 1.54) is 56.1 Å². The summed E-state index contributed by atoms with van der Waals surface area (Å²) in [5.74, 6) is 0.773. The smallest absolute Gasteiger partial charge is 0.0621 e. The molecule has 0 radical (unpaired) electrons.